The van der Waals surface area contributed by atoms with Crippen LogP contribution in [0.1, 0.15) is 11.1 Å². The van der Waals surface area contributed by atoms with Gasteiger partial charge in [0.15, 0.2) is 0 Å². The van der Waals surface area contributed by atoms with Crippen LogP contribution in [-0.4, -0.2) is 5.91 Å². The molecule has 3 heterocycles. The van der Waals surface area contributed by atoms with Gasteiger partial charge >= 0.3 is 5.63 Å². The van der Waals surface area contributed by atoms with E-state index in [9.17, 15) is 14.9 Å². The van der Waals surface area contributed by atoms with Crippen molar-refractivity contribution in [2.45, 2.75) is 5.41 Å². The summed E-state index contributed by atoms with van der Waals surface area (Å²) in [5, 5.41) is 18.3. The Kier molecular flexibility index (Phi) is 3.77. The number of nitriles is 1. The summed E-state index contributed by atoms with van der Waals surface area (Å²) < 4.78 is 5.63. The largest absolute Gasteiger partial charge is 0.422 e. The number of amides is 1. The summed E-state index contributed by atoms with van der Waals surface area (Å²) >= 11 is 0. The van der Waals surface area contributed by atoms with Crippen molar-refractivity contribution in [2.24, 2.45) is 5.73 Å². The summed E-state index contributed by atoms with van der Waals surface area (Å²) in [5.74, 6) is -0.392. The molecule has 3 aromatic carbocycles. The van der Waals surface area contributed by atoms with Crippen molar-refractivity contribution < 1.29 is 9.21 Å². The second-order valence-electron chi connectivity index (χ2n) is 8.04. The number of dihydropyridines is 1. The fourth-order valence-corrected chi connectivity index (χ4v) is 4.77. The van der Waals surface area contributed by atoms with Crippen LogP contribution in [0.3, 0.4) is 0 Å². The molecule has 1 atom stereocenters. The van der Waals surface area contributed by atoms with Gasteiger partial charge < -0.3 is 20.8 Å². The van der Waals surface area contributed by atoms with E-state index in [1.54, 1.807) is 42.5 Å². The maximum absolute atomic E-state index is 13.2. The van der Waals surface area contributed by atoms with Gasteiger partial charge in [-0.3, -0.25) is 4.79 Å². The van der Waals surface area contributed by atoms with Crippen LogP contribution < -0.4 is 22.0 Å². The normalized spacial score (nSPS) is 19.2. The van der Waals surface area contributed by atoms with Crippen molar-refractivity contribution in [3.63, 3.8) is 0 Å². The standard InChI is InChI=1S/C26H16N4O3/c27-13-19-23(28)29-21(12-26(19)18-7-3-4-8-20(18)30-25(26)32)17-11-16-15-6-2-1-5-14(15)9-10-22(16)33-24(17)31/h1-12,29H,28H2,(H,30,32). The van der Waals surface area contributed by atoms with Crippen LogP contribution in [0.4, 0.5) is 5.69 Å². The molecule has 2 aliphatic heterocycles. The minimum absolute atomic E-state index is 0.0132. The molecular weight excluding hydrogens is 416 g/mol. The molecule has 6 rings (SSSR count). The van der Waals surface area contributed by atoms with Crippen LogP contribution in [0.2, 0.25) is 0 Å². The Morgan fingerprint density at radius 1 is 0.939 bits per heavy atom. The Bertz CT molecular complexity index is 1690. The number of nitrogens with two attached hydrogens (primary N) is 1. The fourth-order valence-electron chi connectivity index (χ4n) is 4.77. The molecule has 4 aromatic rings. The number of para-hydroxylation sites is 1. The minimum atomic E-state index is -1.45. The Morgan fingerprint density at radius 3 is 2.58 bits per heavy atom. The smallest absolute Gasteiger partial charge is 0.345 e. The average molecular weight is 432 g/mol. The van der Waals surface area contributed by atoms with Gasteiger partial charge in [-0.15, -0.1) is 0 Å². The van der Waals surface area contributed by atoms with E-state index in [0.29, 0.717) is 22.5 Å². The first kappa shape index (κ1) is 18.9. The monoisotopic (exact) mass is 432 g/mol. The lowest BCUT2D eigenvalue weighted by atomic mass is 9.73. The molecule has 1 unspecified atom stereocenters. The third-order valence-electron chi connectivity index (χ3n) is 6.30. The first-order valence-corrected chi connectivity index (χ1v) is 10.3. The van der Waals surface area contributed by atoms with E-state index >= 15 is 0 Å². The minimum Gasteiger partial charge on any atom is -0.422 e. The van der Waals surface area contributed by atoms with Gasteiger partial charge in [-0.05, 0) is 35.0 Å². The van der Waals surface area contributed by atoms with E-state index in [0.717, 1.165) is 16.2 Å². The van der Waals surface area contributed by atoms with Crippen LogP contribution in [-0.2, 0) is 10.2 Å². The number of carbonyl (C=O) groups excluding carboxylic acids is 1. The maximum atomic E-state index is 13.2. The molecule has 7 nitrogen and oxygen atoms in total. The zero-order chi connectivity index (χ0) is 22.7. The van der Waals surface area contributed by atoms with Gasteiger partial charge in [0.05, 0.1) is 16.8 Å². The summed E-state index contributed by atoms with van der Waals surface area (Å²) in [5.41, 5.74) is 6.46. The van der Waals surface area contributed by atoms with E-state index in [1.807, 2.05) is 30.3 Å². The second-order valence-corrected chi connectivity index (χ2v) is 8.04. The highest BCUT2D eigenvalue weighted by Gasteiger charge is 2.51. The van der Waals surface area contributed by atoms with Gasteiger partial charge in [-0.1, -0.05) is 48.5 Å². The molecule has 0 radical (unpaired) electrons. The zero-order valence-corrected chi connectivity index (χ0v) is 17.2. The number of carbonyl (C=O) groups is 1. The van der Waals surface area contributed by atoms with Crippen LogP contribution in [0.5, 0.6) is 0 Å². The number of fused-ring (bicyclic) bond motifs is 5. The molecule has 0 saturated carbocycles. The number of rotatable bonds is 1. The number of hydrogen-bond acceptors (Lipinski definition) is 6. The van der Waals surface area contributed by atoms with Crippen LogP contribution in [0, 0.1) is 11.3 Å². The summed E-state index contributed by atoms with van der Waals surface area (Å²) in [6, 6.07) is 22.4. The van der Waals surface area contributed by atoms with Gasteiger partial charge in [-0.2, -0.15) is 5.26 Å². The summed E-state index contributed by atoms with van der Waals surface area (Å²) in [6.45, 7) is 0. The Morgan fingerprint density at radius 2 is 1.73 bits per heavy atom. The van der Waals surface area contributed by atoms with Crippen LogP contribution in [0.15, 0.2) is 93.4 Å². The van der Waals surface area contributed by atoms with Gasteiger partial charge in [0.2, 0.25) is 5.91 Å². The SMILES string of the molecule is N#CC1=C(N)NC(c2cc3c(ccc4ccccc43)oc2=O)=CC12C(=O)Nc1ccccc12. The van der Waals surface area contributed by atoms with Crippen molar-refractivity contribution in [2.75, 3.05) is 5.32 Å². The molecule has 1 amide bonds. The first-order valence-electron chi connectivity index (χ1n) is 10.3. The number of nitrogens with zero attached hydrogens (tertiary/aromatic N) is 1. The first-order chi connectivity index (χ1) is 16.0. The molecule has 158 valence electrons. The lowest BCUT2D eigenvalue weighted by Gasteiger charge is -2.30. The Balaban J connectivity index is 1.65. The molecule has 0 bridgehead atoms. The topological polar surface area (TPSA) is 121 Å². The van der Waals surface area contributed by atoms with E-state index in [2.05, 4.69) is 16.7 Å². The second kappa shape index (κ2) is 6.58. The predicted molar refractivity (Wildman–Crippen MR) is 125 cm³/mol. The van der Waals surface area contributed by atoms with Crippen molar-refractivity contribution in [3.8, 4) is 6.07 Å². The van der Waals surface area contributed by atoms with Crippen LogP contribution in [0.25, 0.3) is 27.4 Å². The zero-order valence-electron chi connectivity index (χ0n) is 17.2. The molecule has 33 heavy (non-hydrogen) atoms. The van der Waals surface area contributed by atoms with E-state index < -0.39 is 16.9 Å². The predicted octanol–water partition coefficient (Wildman–Crippen LogP) is 3.47. The van der Waals surface area contributed by atoms with E-state index in [-0.39, 0.29) is 17.0 Å². The molecule has 4 N–H and O–H groups in total. The molecule has 7 heteroatoms. The molecule has 0 aliphatic carbocycles. The number of anilines is 1. The van der Waals surface area contributed by atoms with Crippen molar-refractivity contribution in [3.05, 3.63) is 106 Å². The third-order valence-corrected chi connectivity index (χ3v) is 6.30. The summed E-state index contributed by atoms with van der Waals surface area (Å²) in [7, 11) is 0. The van der Waals surface area contributed by atoms with Gasteiger partial charge in [0.1, 0.15) is 22.9 Å². The van der Waals surface area contributed by atoms with Crippen molar-refractivity contribution in [1.82, 2.24) is 5.32 Å². The molecular formula is C26H16N4O3. The van der Waals surface area contributed by atoms with Gasteiger partial charge in [0.25, 0.3) is 0 Å². The van der Waals surface area contributed by atoms with E-state index in [1.165, 1.54) is 0 Å². The number of benzene rings is 3. The highest BCUT2D eigenvalue weighted by atomic mass is 16.4. The maximum Gasteiger partial charge on any atom is 0.345 e. The lowest BCUT2D eigenvalue weighted by Crippen LogP contribution is -2.42. The van der Waals surface area contributed by atoms with Crippen molar-refractivity contribution in [1.29, 1.82) is 5.26 Å². The number of hydrogen-bond donors (Lipinski definition) is 3. The van der Waals surface area contributed by atoms with Gasteiger partial charge in [-0.25, -0.2) is 4.79 Å². The molecule has 2 aliphatic rings. The molecule has 0 fully saturated rings. The third kappa shape index (κ3) is 2.49. The number of nitrogens with one attached hydrogen (secondary N) is 2. The van der Waals surface area contributed by atoms with Crippen LogP contribution >= 0.6 is 0 Å². The summed E-state index contributed by atoms with van der Waals surface area (Å²) in [6.07, 6.45) is 1.59. The fraction of sp³-hybridized carbons (Fsp3) is 0.0385. The average Bonchev–Trinajstić information content (AvgIpc) is 3.09. The Hall–Kier alpha value is -4.83. The highest BCUT2D eigenvalue weighted by molar-refractivity contribution is 6.12. The summed E-state index contributed by atoms with van der Waals surface area (Å²) in [4.78, 5) is 26.2. The quantitative estimate of drug-likeness (QED) is 0.313. The highest BCUT2D eigenvalue weighted by Crippen LogP contribution is 2.47. The Labute approximate surface area is 187 Å². The molecule has 1 spiro atoms. The van der Waals surface area contributed by atoms with Crippen molar-refractivity contribution >= 4 is 39.0 Å². The molecule has 1 aromatic heterocycles. The lowest BCUT2D eigenvalue weighted by molar-refractivity contribution is -0.118. The van der Waals surface area contributed by atoms with Gasteiger partial charge in [0, 0.05) is 16.6 Å². The molecule has 0 saturated heterocycles. The van der Waals surface area contributed by atoms with E-state index in [4.69, 9.17) is 10.2 Å².